The lowest BCUT2D eigenvalue weighted by Crippen LogP contribution is -2.43. The molecule has 0 atom stereocenters. The molecule has 2 aromatic rings. The van der Waals surface area contributed by atoms with Crippen molar-refractivity contribution in [1.29, 1.82) is 0 Å². The van der Waals surface area contributed by atoms with Crippen molar-refractivity contribution in [2.24, 2.45) is 0 Å². The Morgan fingerprint density at radius 3 is 2.45 bits per heavy atom. The molecular formula is C22H24N2O4S. The number of aryl methyl sites for hydroxylation is 1. The number of imide groups is 1. The topological polar surface area (TPSA) is 63.0 Å². The summed E-state index contributed by atoms with van der Waals surface area (Å²) in [6, 6.07) is 11.4. The minimum atomic E-state index is -0.214. The van der Waals surface area contributed by atoms with Gasteiger partial charge in [-0.3, -0.25) is 19.4 Å². The lowest BCUT2D eigenvalue weighted by Gasteiger charge is -2.28. The number of furan rings is 1. The second kappa shape index (κ2) is 8.98. The quantitative estimate of drug-likeness (QED) is 0.652. The fourth-order valence-corrected chi connectivity index (χ4v) is 4.50. The van der Waals surface area contributed by atoms with E-state index < -0.39 is 0 Å². The molecule has 0 bridgehead atoms. The zero-order valence-corrected chi connectivity index (χ0v) is 17.2. The van der Waals surface area contributed by atoms with E-state index in [2.05, 4.69) is 4.90 Å². The number of morpholine rings is 1. The molecule has 2 aliphatic rings. The highest BCUT2D eigenvalue weighted by atomic mass is 32.2. The molecular weight excluding hydrogens is 388 g/mol. The van der Waals surface area contributed by atoms with E-state index >= 15 is 0 Å². The van der Waals surface area contributed by atoms with Crippen LogP contribution in [0.4, 0.5) is 0 Å². The van der Waals surface area contributed by atoms with Crippen LogP contribution in [0.15, 0.2) is 52.0 Å². The molecule has 29 heavy (non-hydrogen) atoms. The number of thioether (sulfide) groups is 1. The molecule has 0 saturated carbocycles. The zero-order valence-electron chi connectivity index (χ0n) is 16.4. The first-order chi connectivity index (χ1) is 14.1. The lowest BCUT2D eigenvalue weighted by molar-refractivity contribution is -0.136. The third-order valence-electron chi connectivity index (χ3n) is 5.15. The number of amides is 2. The van der Waals surface area contributed by atoms with E-state index in [-0.39, 0.29) is 11.8 Å². The largest absolute Gasteiger partial charge is 0.468 e. The van der Waals surface area contributed by atoms with Crippen LogP contribution in [0, 0.1) is 6.92 Å². The summed E-state index contributed by atoms with van der Waals surface area (Å²) in [5.74, 6) is 0.857. The predicted molar refractivity (Wildman–Crippen MR) is 112 cm³/mol. The molecule has 1 saturated heterocycles. The number of hydrogen-bond donors (Lipinski definition) is 0. The van der Waals surface area contributed by atoms with Gasteiger partial charge in [-0.25, -0.2) is 0 Å². The highest BCUT2D eigenvalue weighted by molar-refractivity contribution is 8.03. The van der Waals surface area contributed by atoms with Crippen LogP contribution in [0.25, 0.3) is 5.57 Å². The maximum atomic E-state index is 13.2. The van der Waals surface area contributed by atoms with E-state index in [1.54, 1.807) is 6.26 Å². The van der Waals surface area contributed by atoms with Crippen molar-refractivity contribution in [3.05, 3.63) is 64.5 Å². The molecule has 6 nitrogen and oxygen atoms in total. The molecule has 1 aromatic carbocycles. The van der Waals surface area contributed by atoms with Gasteiger partial charge in [0.15, 0.2) is 0 Å². The van der Waals surface area contributed by atoms with E-state index in [1.165, 1.54) is 16.7 Å². The maximum Gasteiger partial charge on any atom is 0.268 e. The molecule has 0 N–H and O–H groups in total. The van der Waals surface area contributed by atoms with Gasteiger partial charge in [-0.15, -0.1) is 11.8 Å². The third kappa shape index (κ3) is 4.47. The molecule has 3 heterocycles. The average molecular weight is 413 g/mol. The van der Waals surface area contributed by atoms with Crippen LogP contribution < -0.4 is 0 Å². The summed E-state index contributed by atoms with van der Waals surface area (Å²) >= 11 is 1.37. The number of benzene rings is 1. The van der Waals surface area contributed by atoms with Gasteiger partial charge in [0, 0.05) is 26.2 Å². The minimum Gasteiger partial charge on any atom is -0.468 e. The van der Waals surface area contributed by atoms with Crippen molar-refractivity contribution in [3.8, 4) is 0 Å². The number of ether oxygens (including phenoxy) is 1. The van der Waals surface area contributed by atoms with Crippen molar-refractivity contribution in [2.45, 2.75) is 12.7 Å². The number of carbonyl (C=O) groups excluding carboxylic acids is 2. The van der Waals surface area contributed by atoms with Gasteiger partial charge in [-0.1, -0.05) is 29.8 Å². The minimum absolute atomic E-state index is 0.213. The fraction of sp³-hybridized carbons (Fsp3) is 0.364. The Kier molecular flexibility index (Phi) is 6.18. The Labute approximate surface area is 174 Å². The molecule has 1 aromatic heterocycles. The van der Waals surface area contributed by atoms with Gasteiger partial charge in [0.25, 0.3) is 11.8 Å². The number of rotatable bonds is 7. The van der Waals surface area contributed by atoms with Gasteiger partial charge < -0.3 is 9.15 Å². The number of nitrogens with zero attached hydrogens (tertiary/aromatic N) is 2. The third-order valence-corrected chi connectivity index (χ3v) is 6.24. The Bertz CT molecular complexity index is 899. The van der Waals surface area contributed by atoms with Gasteiger partial charge in [-0.2, -0.15) is 0 Å². The molecule has 7 heteroatoms. The van der Waals surface area contributed by atoms with E-state index in [1.807, 2.05) is 43.3 Å². The van der Waals surface area contributed by atoms with E-state index in [4.69, 9.17) is 9.15 Å². The summed E-state index contributed by atoms with van der Waals surface area (Å²) in [6.07, 6.45) is 1.61. The first kappa shape index (κ1) is 19.9. The molecule has 0 aliphatic carbocycles. The van der Waals surface area contributed by atoms with Crippen molar-refractivity contribution >= 4 is 29.1 Å². The van der Waals surface area contributed by atoms with Gasteiger partial charge >= 0.3 is 0 Å². The Morgan fingerprint density at radius 2 is 1.76 bits per heavy atom. The van der Waals surface area contributed by atoms with Gasteiger partial charge in [0.1, 0.15) is 5.76 Å². The predicted octanol–water partition coefficient (Wildman–Crippen LogP) is 2.93. The molecule has 0 radical (unpaired) electrons. The molecule has 1 fully saturated rings. The van der Waals surface area contributed by atoms with Crippen LogP contribution in [0.2, 0.25) is 0 Å². The van der Waals surface area contributed by atoms with Crippen LogP contribution in [0.1, 0.15) is 16.9 Å². The fourth-order valence-electron chi connectivity index (χ4n) is 3.47. The summed E-state index contributed by atoms with van der Waals surface area (Å²) in [7, 11) is 0. The smallest absolute Gasteiger partial charge is 0.268 e. The normalized spacial score (nSPS) is 18.2. The second-order valence-electron chi connectivity index (χ2n) is 7.15. The Balaban J connectivity index is 1.55. The van der Waals surface area contributed by atoms with Crippen LogP contribution in [0.3, 0.4) is 0 Å². The van der Waals surface area contributed by atoms with Gasteiger partial charge in [0.05, 0.1) is 35.7 Å². The molecule has 4 rings (SSSR count). The highest BCUT2D eigenvalue weighted by Crippen LogP contribution is 2.37. The van der Waals surface area contributed by atoms with E-state index in [0.717, 1.165) is 30.0 Å². The van der Waals surface area contributed by atoms with Crippen LogP contribution in [-0.2, 0) is 20.1 Å². The van der Waals surface area contributed by atoms with Crippen molar-refractivity contribution < 1.29 is 18.7 Å². The van der Waals surface area contributed by atoms with E-state index in [0.29, 0.717) is 42.5 Å². The number of hydrogen-bond acceptors (Lipinski definition) is 6. The molecule has 2 amide bonds. The average Bonchev–Trinajstić information content (AvgIpc) is 3.33. The summed E-state index contributed by atoms with van der Waals surface area (Å²) in [6.45, 7) is 6.10. The van der Waals surface area contributed by atoms with Crippen LogP contribution in [0.5, 0.6) is 0 Å². The van der Waals surface area contributed by atoms with E-state index in [9.17, 15) is 9.59 Å². The van der Waals surface area contributed by atoms with Gasteiger partial charge in [-0.05, 0) is 24.6 Å². The first-order valence-electron chi connectivity index (χ1n) is 9.76. The maximum absolute atomic E-state index is 13.2. The standard InChI is InChI=1S/C22H24N2O4S/c1-16-4-6-17(7-5-16)19-20(29-15-18-3-2-12-28-18)22(26)24(21(19)25)9-8-23-10-13-27-14-11-23/h2-7,12H,8-11,13-15H2,1H3. The molecule has 0 spiro atoms. The summed E-state index contributed by atoms with van der Waals surface area (Å²) in [5.41, 5.74) is 2.39. The van der Waals surface area contributed by atoms with Crippen molar-refractivity contribution in [1.82, 2.24) is 9.80 Å². The summed E-state index contributed by atoms with van der Waals surface area (Å²) in [4.78, 5) is 30.5. The lowest BCUT2D eigenvalue weighted by atomic mass is 10.0. The summed E-state index contributed by atoms with van der Waals surface area (Å²) < 4.78 is 10.8. The first-order valence-corrected chi connectivity index (χ1v) is 10.7. The molecule has 2 aliphatic heterocycles. The van der Waals surface area contributed by atoms with Crippen molar-refractivity contribution in [2.75, 3.05) is 39.4 Å². The van der Waals surface area contributed by atoms with Crippen molar-refractivity contribution in [3.63, 3.8) is 0 Å². The SMILES string of the molecule is Cc1ccc(C2=C(SCc3ccco3)C(=O)N(CCN3CCOCC3)C2=O)cc1. The van der Waals surface area contributed by atoms with Crippen LogP contribution >= 0.6 is 11.8 Å². The monoisotopic (exact) mass is 412 g/mol. The summed E-state index contributed by atoms with van der Waals surface area (Å²) in [5, 5.41) is 0. The Morgan fingerprint density at radius 1 is 1.00 bits per heavy atom. The number of carbonyl (C=O) groups is 2. The van der Waals surface area contributed by atoms with Crippen LogP contribution in [-0.4, -0.2) is 61.0 Å². The second-order valence-corrected chi connectivity index (χ2v) is 8.14. The highest BCUT2D eigenvalue weighted by Gasteiger charge is 2.39. The molecule has 152 valence electrons. The Hall–Kier alpha value is -2.35. The zero-order chi connectivity index (χ0) is 20.2. The van der Waals surface area contributed by atoms with Gasteiger partial charge in [0.2, 0.25) is 0 Å². The molecule has 0 unspecified atom stereocenters.